The third kappa shape index (κ3) is 4.00. The Hall–Kier alpha value is -2.51. The minimum Gasteiger partial charge on any atom is -0.491 e. The Bertz CT molecular complexity index is 941. The normalized spacial score (nSPS) is 15.5. The molecule has 2 N–H and O–H groups in total. The first-order chi connectivity index (χ1) is 12.5. The van der Waals surface area contributed by atoms with Gasteiger partial charge in [-0.1, -0.05) is 35.9 Å². The van der Waals surface area contributed by atoms with E-state index in [-0.39, 0.29) is 13.0 Å². The molecule has 3 rings (SSSR count). The number of halogens is 1. The van der Waals surface area contributed by atoms with E-state index in [1.54, 1.807) is 12.1 Å². The lowest BCUT2D eigenvalue weighted by Gasteiger charge is -2.13. The van der Waals surface area contributed by atoms with Crippen molar-refractivity contribution >= 4 is 57.3 Å². The van der Waals surface area contributed by atoms with E-state index in [9.17, 15) is 14.4 Å². The Morgan fingerprint density at radius 3 is 2.65 bits per heavy atom. The van der Waals surface area contributed by atoms with Crippen molar-refractivity contribution in [2.75, 3.05) is 6.61 Å². The molecule has 0 spiro atoms. The molecule has 1 aliphatic rings. The number of carboxylic acids is 1. The number of imide groups is 1. The summed E-state index contributed by atoms with van der Waals surface area (Å²) in [6, 6.07) is 9.05. The number of benzene rings is 2. The molecule has 2 aromatic carbocycles. The summed E-state index contributed by atoms with van der Waals surface area (Å²) in [5, 5.41) is 12.4. The first-order valence-corrected chi connectivity index (χ1v) is 8.96. The predicted molar refractivity (Wildman–Crippen MR) is 100 cm³/mol. The second-order valence-corrected chi connectivity index (χ2v) is 6.94. The highest BCUT2D eigenvalue weighted by atomic mass is 35.5. The van der Waals surface area contributed by atoms with Crippen molar-refractivity contribution in [1.82, 2.24) is 5.32 Å². The number of aliphatic carboxylic acids is 1. The number of carbonyl (C=O) groups is 3. The summed E-state index contributed by atoms with van der Waals surface area (Å²) in [5.41, 5.74) is 0.691. The molecule has 1 aliphatic heterocycles. The van der Waals surface area contributed by atoms with E-state index in [1.165, 1.54) is 0 Å². The molecule has 0 aliphatic carbocycles. The third-order valence-electron chi connectivity index (χ3n) is 3.69. The lowest BCUT2D eigenvalue weighted by atomic mass is 10.0. The topological polar surface area (TPSA) is 92.7 Å². The average molecular weight is 392 g/mol. The zero-order chi connectivity index (χ0) is 18.7. The number of thioether (sulfide) groups is 1. The highest BCUT2D eigenvalue weighted by Crippen LogP contribution is 2.38. The molecule has 8 heteroatoms. The second kappa shape index (κ2) is 7.80. The molecule has 0 saturated carbocycles. The quantitative estimate of drug-likeness (QED) is 0.569. The maximum atomic E-state index is 11.8. The Labute approximate surface area is 158 Å². The van der Waals surface area contributed by atoms with E-state index in [0.717, 1.165) is 22.5 Å². The van der Waals surface area contributed by atoms with Crippen LogP contribution in [0, 0.1) is 0 Å². The average Bonchev–Trinajstić information content (AvgIpc) is 2.91. The van der Waals surface area contributed by atoms with Crippen LogP contribution < -0.4 is 10.1 Å². The lowest BCUT2D eigenvalue weighted by Crippen LogP contribution is -2.17. The van der Waals surface area contributed by atoms with Crippen LogP contribution >= 0.6 is 23.4 Å². The molecule has 0 bridgehead atoms. The smallest absolute Gasteiger partial charge is 0.303 e. The van der Waals surface area contributed by atoms with Crippen molar-refractivity contribution in [3.8, 4) is 5.75 Å². The van der Waals surface area contributed by atoms with E-state index in [1.807, 2.05) is 24.3 Å². The molecule has 1 fully saturated rings. The molecule has 1 saturated heterocycles. The van der Waals surface area contributed by atoms with E-state index in [4.69, 9.17) is 21.4 Å². The fraction of sp³-hybridized carbons (Fsp3) is 0.167. The summed E-state index contributed by atoms with van der Waals surface area (Å²) in [4.78, 5) is 34.0. The van der Waals surface area contributed by atoms with Crippen molar-refractivity contribution in [3.05, 3.63) is 45.8 Å². The van der Waals surface area contributed by atoms with E-state index >= 15 is 0 Å². The Morgan fingerprint density at radius 2 is 2.00 bits per heavy atom. The van der Waals surface area contributed by atoms with Gasteiger partial charge in [0.15, 0.2) is 0 Å². The molecule has 0 aromatic heterocycles. The number of amides is 2. The van der Waals surface area contributed by atoms with Gasteiger partial charge < -0.3 is 9.84 Å². The van der Waals surface area contributed by atoms with Crippen LogP contribution in [0.5, 0.6) is 5.75 Å². The first-order valence-electron chi connectivity index (χ1n) is 7.76. The van der Waals surface area contributed by atoms with Gasteiger partial charge in [0, 0.05) is 11.8 Å². The highest BCUT2D eigenvalue weighted by Gasteiger charge is 2.25. The van der Waals surface area contributed by atoms with Gasteiger partial charge in [-0.2, -0.15) is 0 Å². The molecule has 2 amide bonds. The molecule has 0 unspecified atom stereocenters. The van der Waals surface area contributed by atoms with Gasteiger partial charge in [-0.3, -0.25) is 19.7 Å². The summed E-state index contributed by atoms with van der Waals surface area (Å²) >= 11 is 7.19. The summed E-state index contributed by atoms with van der Waals surface area (Å²) in [7, 11) is 0. The van der Waals surface area contributed by atoms with Crippen LogP contribution in [0.1, 0.15) is 18.4 Å². The van der Waals surface area contributed by atoms with Crippen LogP contribution in [0.4, 0.5) is 4.79 Å². The standard InChI is InChI=1S/C18H14ClNO5S/c19-13-8-10(9-14-17(23)20-18(24)26-14)11-4-1-2-5-12(11)16(13)25-7-3-6-15(21)22/h1-2,4-5,8-9H,3,6-7H2,(H,21,22)(H,20,23,24). The maximum Gasteiger partial charge on any atom is 0.303 e. The number of fused-ring (bicyclic) bond motifs is 1. The maximum absolute atomic E-state index is 11.8. The SMILES string of the molecule is O=C(O)CCCOc1c(Cl)cc(C=C2SC(=O)NC2=O)c2ccccc12. The van der Waals surface area contributed by atoms with Gasteiger partial charge in [-0.15, -0.1) is 0 Å². The van der Waals surface area contributed by atoms with Crippen LogP contribution in [0.2, 0.25) is 5.02 Å². The van der Waals surface area contributed by atoms with Crippen LogP contribution in [0.3, 0.4) is 0 Å². The molecule has 26 heavy (non-hydrogen) atoms. The summed E-state index contributed by atoms with van der Waals surface area (Å²) in [6.45, 7) is 0.225. The van der Waals surface area contributed by atoms with Gasteiger partial charge in [0.1, 0.15) is 5.75 Å². The van der Waals surface area contributed by atoms with Crippen LogP contribution in [0.15, 0.2) is 35.2 Å². The number of ether oxygens (including phenoxy) is 1. The molecular weight excluding hydrogens is 378 g/mol. The number of carboxylic acid groups (broad SMARTS) is 1. The van der Waals surface area contributed by atoms with Crippen LogP contribution in [-0.2, 0) is 9.59 Å². The Balaban J connectivity index is 1.96. The Morgan fingerprint density at radius 1 is 1.27 bits per heavy atom. The molecule has 6 nitrogen and oxygen atoms in total. The van der Waals surface area contributed by atoms with E-state index < -0.39 is 17.1 Å². The van der Waals surface area contributed by atoms with Crippen molar-refractivity contribution in [2.45, 2.75) is 12.8 Å². The predicted octanol–water partition coefficient (Wildman–Crippen LogP) is 4.06. The molecule has 0 atom stereocenters. The molecule has 1 heterocycles. The molecule has 2 aromatic rings. The second-order valence-electron chi connectivity index (χ2n) is 5.52. The number of carbonyl (C=O) groups excluding carboxylic acids is 2. The van der Waals surface area contributed by atoms with Crippen LogP contribution in [-0.4, -0.2) is 28.8 Å². The van der Waals surface area contributed by atoms with Gasteiger partial charge >= 0.3 is 5.97 Å². The van der Waals surface area contributed by atoms with Gasteiger partial charge in [0.05, 0.1) is 16.5 Å². The molecular formula is C18H14ClNO5S. The third-order valence-corrected chi connectivity index (χ3v) is 4.78. The van der Waals surface area contributed by atoms with E-state index in [2.05, 4.69) is 5.32 Å². The van der Waals surface area contributed by atoms with Crippen molar-refractivity contribution in [1.29, 1.82) is 0 Å². The summed E-state index contributed by atoms with van der Waals surface area (Å²) < 4.78 is 5.71. The van der Waals surface area contributed by atoms with Gasteiger partial charge in [-0.05, 0) is 41.3 Å². The lowest BCUT2D eigenvalue weighted by molar-refractivity contribution is -0.137. The molecule has 0 radical (unpaired) electrons. The minimum atomic E-state index is -0.881. The fourth-order valence-electron chi connectivity index (χ4n) is 2.57. The Kier molecular flexibility index (Phi) is 5.49. The zero-order valence-electron chi connectivity index (χ0n) is 13.5. The van der Waals surface area contributed by atoms with Crippen molar-refractivity contribution < 1.29 is 24.2 Å². The van der Waals surface area contributed by atoms with Crippen LogP contribution in [0.25, 0.3) is 16.8 Å². The van der Waals surface area contributed by atoms with Crippen molar-refractivity contribution in [2.24, 2.45) is 0 Å². The number of hydrogen-bond acceptors (Lipinski definition) is 5. The monoisotopic (exact) mass is 391 g/mol. The summed E-state index contributed by atoms with van der Waals surface area (Å²) in [6.07, 6.45) is 2.00. The number of nitrogens with one attached hydrogen (secondary N) is 1. The zero-order valence-corrected chi connectivity index (χ0v) is 15.0. The number of hydrogen-bond donors (Lipinski definition) is 2. The summed E-state index contributed by atoms with van der Waals surface area (Å²) in [5.74, 6) is -0.850. The van der Waals surface area contributed by atoms with Crippen molar-refractivity contribution in [3.63, 3.8) is 0 Å². The van der Waals surface area contributed by atoms with Gasteiger partial charge in [-0.25, -0.2) is 0 Å². The first kappa shape index (κ1) is 18.3. The number of rotatable bonds is 6. The fourth-order valence-corrected chi connectivity index (χ4v) is 3.51. The highest BCUT2D eigenvalue weighted by molar-refractivity contribution is 8.18. The van der Waals surface area contributed by atoms with E-state index in [0.29, 0.717) is 27.7 Å². The minimum absolute atomic E-state index is 0.0140. The largest absolute Gasteiger partial charge is 0.491 e. The molecule has 134 valence electrons. The van der Waals surface area contributed by atoms with Gasteiger partial charge in [0.25, 0.3) is 11.1 Å². The van der Waals surface area contributed by atoms with Gasteiger partial charge in [0.2, 0.25) is 0 Å².